The van der Waals surface area contributed by atoms with Crippen LogP contribution in [0.4, 0.5) is 0 Å². The average Bonchev–Trinajstić information content (AvgIpc) is 3.23. The summed E-state index contributed by atoms with van der Waals surface area (Å²) in [5.41, 5.74) is 11.1. The van der Waals surface area contributed by atoms with Gasteiger partial charge in [-0.05, 0) is 62.6 Å². The van der Waals surface area contributed by atoms with Crippen molar-refractivity contribution >= 4 is 23.4 Å². The molecule has 0 atom stereocenters. The second-order valence-corrected chi connectivity index (χ2v) is 8.16. The van der Waals surface area contributed by atoms with Crippen molar-refractivity contribution in [3.05, 3.63) is 87.9 Å². The number of methoxy groups -OCH3 is 1. The second-order valence-electron chi connectivity index (χ2n) is 8.16. The van der Waals surface area contributed by atoms with Crippen molar-refractivity contribution in [3.8, 4) is 5.75 Å². The van der Waals surface area contributed by atoms with E-state index in [0.717, 1.165) is 12.0 Å². The Labute approximate surface area is 202 Å². The fourth-order valence-corrected chi connectivity index (χ4v) is 3.99. The van der Waals surface area contributed by atoms with Gasteiger partial charge in [-0.3, -0.25) is 25.2 Å². The number of hydrogen-bond donors (Lipinski definition) is 3. The molecule has 2 aromatic carbocycles. The number of carbonyl (C=O) groups excluding carboxylic acids is 3. The molecule has 9 nitrogen and oxygen atoms in total. The predicted octanol–water partition coefficient (Wildman–Crippen LogP) is 3.45. The third kappa shape index (κ3) is 5.08. The van der Waals surface area contributed by atoms with Crippen LogP contribution in [0.1, 0.15) is 66.6 Å². The fraction of sp³-hybridized carbons (Fsp3) is 0.231. The highest BCUT2D eigenvalue weighted by atomic mass is 16.5. The maximum atomic E-state index is 12.8. The highest BCUT2D eigenvalue weighted by Gasteiger charge is 2.28. The number of fused-ring (bicyclic) bond motifs is 1. The van der Waals surface area contributed by atoms with E-state index in [1.807, 2.05) is 19.1 Å². The number of nitrogens with one attached hydrogen (secondary N) is 3. The summed E-state index contributed by atoms with van der Waals surface area (Å²) in [7, 11) is 1.54. The number of ether oxygens (including phenoxy) is 1. The molecule has 0 saturated carbocycles. The van der Waals surface area contributed by atoms with Crippen molar-refractivity contribution in [3.63, 3.8) is 0 Å². The van der Waals surface area contributed by atoms with E-state index in [0.29, 0.717) is 52.3 Å². The van der Waals surface area contributed by atoms with Gasteiger partial charge in [0.15, 0.2) is 5.76 Å². The lowest BCUT2D eigenvalue weighted by molar-refractivity contribution is 0.0829. The third-order valence-corrected chi connectivity index (χ3v) is 5.86. The Hall–Kier alpha value is -4.40. The van der Waals surface area contributed by atoms with Crippen LogP contribution in [0, 0.1) is 13.8 Å². The molecule has 0 bridgehead atoms. The minimum absolute atomic E-state index is 0.0878. The highest BCUT2D eigenvalue weighted by Crippen LogP contribution is 2.29. The van der Waals surface area contributed by atoms with E-state index < -0.39 is 11.8 Å². The molecule has 35 heavy (non-hydrogen) atoms. The summed E-state index contributed by atoms with van der Waals surface area (Å²) < 4.78 is 10.9. The van der Waals surface area contributed by atoms with Gasteiger partial charge in [-0.15, -0.1) is 0 Å². The molecule has 1 heterocycles. The summed E-state index contributed by atoms with van der Waals surface area (Å²) in [4.78, 5) is 37.7. The normalized spacial score (nSPS) is 13.6. The van der Waals surface area contributed by atoms with E-state index in [4.69, 9.17) is 9.15 Å². The number of benzene rings is 2. The van der Waals surface area contributed by atoms with E-state index >= 15 is 0 Å². The quantitative estimate of drug-likeness (QED) is 0.489. The summed E-state index contributed by atoms with van der Waals surface area (Å²) in [6.07, 6.45) is 2.05. The van der Waals surface area contributed by atoms with Crippen LogP contribution >= 0.6 is 0 Å². The first-order valence-electron chi connectivity index (χ1n) is 11.2. The maximum Gasteiger partial charge on any atom is 0.305 e. The van der Waals surface area contributed by atoms with E-state index in [1.54, 1.807) is 43.3 Å². The van der Waals surface area contributed by atoms with Gasteiger partial charge in [-0.25, -0.2) is 5.43 Å². The van der Waals surface area contributed by atoms with Gasteiger partial charge in [0.25, 0.3) is 11.8 Å². The number of hydrogen-bond acceptors (Lipinski definition) is 6. The topological polar surface area (TPSA) is 122 Å². The predicted molar refractivity (Wildman–Crippen MR) is 129 cm³/mol. The van der Waals surface area contributed by atoms with Crippen molar-refractivity contribution in [2.75, 3.05) is 7.11 Å². The molecule has 9 heteroatoms. The molecule has 3 aromatic rings. The van der Waals surface area contributed by atoms with E-state index in [2.05, 4.69) is 21.4 Å². The zero-order valence-electron chi connectivity index (χ0n) is 19.7. The molecule has 0 radical (unpaired) electrons. The number of carbonyl (C=O) groups is 3. The van der Waals surface area contributed by atoms with Gasteiger partial charge in [0.05, 0.1) is 12.8 Å². The Bertz CT molecular complexity index is 1310. The van der Waals surface area contributed by atoms with Crippen LogP contribution in [0.2, 0.25) is 0 Å². The van der Waals surface area contributed by atoms with Crippen molar-refractivity contribution in [2.24, 2.45) is 5.10 Å². The van der Waals surface area contributed by atoms with Crippen LogP contribution in [-0.4, -0.2) is 30.5 Å². The van der Waals surface area contributed by atoms with E-state index in [-0.39, 0.29) is 11.7 Å². The van der Waals surface area contributed by atoms with Crippen molar-refractivity contribution in [1.29, 1.82) is 0 Å². The molecule has 0 saturated heterocycles. The number of aryl methyl sites for hydroxylation is 2. The summed E-state index contributed by atoms with van der Waals surface area (Å²) in [5, 5.41) is 4.35. The highest BCUT2D eigenvalue weighted by molar-refractivity contribution is 6.07. The van der Waals surface area contributed by atoms with E-state index in [1.165, 1.54) is 7.11 Å². The van der Waals surface area contributed by atoms with Crippen molar-refractivity contribution < 1.29 is 23.5 Å². The molecule has 1 aliphatic carbocycles. The van der Waals surface area contributed by atoms with Gasteiger partial charge in [0, 0.05) is 28.7 Å². The van der Waals surface area contributed by atoms with E-state index in [9.17, 15) is 14.4 Å². The van der Waals surface area contributed by atoms with Gasteiger partial charge < -0.3 is 9.15 Å². The van der Waals surface area contributed by atoms with Gasteiger partial charge in [-0.2, -0.15) is 5.10 Å². The molecular weight excluding hydrogens is 448 g/mol. The summed E-state index contributed by atoms with van der Waals surface area (Å²) >= 11 is 0. The molecular formula is C26H26N4O5. The van der Waals surface area contributed by atoms with Gasteiger partial charge >= 0.3 is 5.91 Å². The molecule has 1 aliphatic rings. The molecule has 0 unspecified atom stereocenters. The van der Waals surface area contributed by atoms with Crippen LogP contribution in [0.5, 0.6) is 5.75 Å². The average molecular weight is 475 g/mol. The lowest BCUT2D eigenvalue weighted by Gasteiger charge is -2.13. The second kappa shape index (κ2) is 10.3. The first kappa shape index (κ1) is 23.7. The molecule has 180 valence electrons. The molecule has 4 rings (SSSR count). The Balaban J connectivity index is 1.47. The number of rotatable bonds is 5. The molecule has 3 N–H and O–H groups in total. The Morgan fingerprint density at radius 1 is 0.914 bits per heavy atom. The summed E-state index contributed by atoms with van der Waals surface area (Å²) in [6, 6.07) is 13.7. The fourth-order valence-electron chi connectivity index (χ4n) is 3.99. The lowest BCUT2D eigenvalue weighted by Crippen LogP contribution is -2.41. The molecule has 3 amide bonds. The number of hydrazine groups is 1. The number of hydrazone groups is 1. The summed E-state index contributed by atoms with van der Waals surface area (Å²) in [6.45, 7) is 3.62. The largest absolute Gasteiger partial charge is 0.497 e. The first-order chi connectivity index (χ1) is 16.9. The lowest BCUT2D eigenvalue weighted by atomic mass is 9.93. The molecule has 0 spiro atoms. The zero-order valence-corrected chi connectivity index (χ0v) is 19.7. The number of furan rings is 1. The first-order valence-corrected chi connectivity index (χ1v) is 11.2. The molecule has 0 aliphatic heterocycles. The van der Waals surface area contributed by atoms with Crippen LogP contribution in [-0.2, 0) is 6.42 Å². The minimum Gasteiger partial charge on any atom is -0.497 e. The Kier molecular flexibility index (Phi) is 6.96. The number of amides is 3. The van der Waals surface area contributed by atoms with Crippen LogP contribution < -0.4 is 21.0 Å². The zero-order chi connectivity index (χ0) is 24.9. The maximum absolute atomic E-state index is 12.8. The Morgan fingerprint density at radius 2 is 1.63 bits per heavy atom. The smallest absolute Gasteiger partial charge is 0.305 e. The molecule has 1 aromatic heterocycles. The van der Waals surface area contributed by atoms with Crippen molar-refractivity contribution in [1.82, 2.24) is 16.3 Å². The van der Waals surface area contributed by atoms with Crippen LogP contribution in [0.15, 0.2) is 58.0 Å². The third-order valence-electron chi connectivity index (χ3n) is 5.86. The summed E-state index contributed by atoms with van der Waals surface area (Å²) in [5.74, 6) is -0.0228. The monoisotopic (exact) mass is 474 g/mol. The standard InChI is InChI=1S/C26H26N4O5/c1-15-7-4-5-8-19(15)25(32)29-27-20-9-6-10-21-22(20)16(2)23(35-21)26(33)30-28-24(31)17-11-13-18(34-3)14-12-17/h4-5,7-8,11-14H,6,9-10H2,1-3H3,(H,28,31)(H,29,32)(H,30,33)/b27-20+. The Morgan fingerprint density at radius 3 is 2.34 bits per heavy atom. The SMILES string of the molecule is COc1ccc(C(=O)NNC(=O)c2oc3c(c2C)/C(=N/NC(=O)c2ccccc2C)CCC3)cc1. The van der Waals surface area contributed by atoms with Gasteiger partial charge in [-0.1, -0.05) is 18.2 Å². The van der Waals surface area contributed by atoms with Crippen molar-refractivity contribution in [2.45, 2.75) is 33.1 Å². The van der Waals surface area contributed by atoms with Crippen LogP contribution in [0.25, 0.3) is 0 Å². The van der Waals surface area contributed by atoms with Crippen LogP contribution in [0.3, 0.4) is 0 Å². The minimum atomic E-state index is -0.581. The van der Waals surface area contributed by atoms with Gasteiger partial charge in [0.2, 0.25) is 0 Å². The number of nitrogens with zero attached hydrogens (tertiary/aromatic N) is 1. The van der Waals surface area contributed by atoms with Gasteiger partial charge in [0.1, 0.15) is 11.5 Å². The molecule has 0 fully saturated rings.